The summed E-state index contributed by atoms with van der Waals surface area (Å²) in [6.45, 7) is 1.59. The normalized spacial score (nSPS) is 11.6. The standard InChI is InChI=1S/C20H22FNO3S/c1-15(11-12-16-7-3-2-4-8-16)22-19(23)13-25-20(24)14-26-18-10-6-5-9-17(18)21/h2-10,15H,11-14H2,1H3,(H,22,23)/t15-/m0/s1. The zero-order valence-electron chi connectivity index (χ0n) is 14.6. The number of hydrogen-bond donors (Lipinski definition) is 1. The van der Waals surface area contributed by atoms with Crippen LogP contribution in [-0.2, 0) is 20.7 Å². The van der Waals surface area contributed by atoms with E-state index in [0.29, 0.717) is 4.90 Å². The SMILES string of the molecule is C[C@@H](CCc1ccccc1)NC(=O)COC(=O)CSc1ccccc1F. The first-order chi connectivity index (χ1) is 12.5. The molecule has 138 valence electrons. The van der Waals surface area contributed by atoms with Crippen LogP contribution >= 0.6 is 11.8 Å². The Balaban J connectivity index is 1.63. The fraction of sp³-hybridized carbons (Fsp3) is 0.300. The van der Waals surface area contributed by atoms with E-state index in [0.717, 1.165) is 24.6 Å². The molecule has 0 radical (unpaired) electrons. The molecule has 0 bridgehead atoms. The van der Waals surface area contributed by atoms with Crippen LogP contribution in [0, 0.1) is 5.82 Å². The first kappa shape index (κ1) is 20.0. The molecular weight excluding hydrogens is 353 g/mol. The van der Waals surface area contributed by atoms with Gasteiger partial charge in [0.1, 0.15) is 5.82 Å². The van der Waals surface area contributed by atoms with Crippen LogP contribution in [0.2, 0.25) is 0 Å². The second kappa shape index (κ2) is 10.6. The Morgan fingerprint density at radius 2 is 1.81 bits per heavy atom. The van der Waals surface area contributed by atoms with Gasteiger partial charge >= 0.3 is 5.97 Å². The second-order valence-corrected chi connectivity index (χ2v) is 6.89. The molecule has 0 heterocycles. The fourth-order valence-electron chi connectivity index (χ4n) is 2.30. The molecule has 4 nitrogen and oxygen atoms in total. The number of esters is 1. The molecule has 0 unspecified atom stereocenters. The molecule has 0 fully saturated rings. The minimum absolute atomic E-state index is 0.0193. The number of aryl methyl sites for hydroxylation is 1. The van der Waals surface area contributed by atoms with E-state index in [9.17, 15) is 14.0 Å². The lowest BCUT2D eigenvalue weighted by atomic mass is 10.1. The number of benzene rings is 2. The minimum Gasteiger partial charge on any atom is -0.455 e. The van der Waals surface area contributed by atoms with Gasteiger partial charge in [0.2, 0.25) is 0 Å². The monoisotopic (exact) mass is 375 g/mol. The summed E-state index contributed by atoms with van der Waals surface area (Å²) in [6.07, 6.45) is 1.66. The van der Waals surface area contributed by atoms with Crippen LogP contribution in [0.15, 0.2) is 59.5 Å². The van der Waals surface area contributed by atoms with Gasteiger partial charge in [-0.25, -0.2) is 4.39 Å². The Kier molecular flexibility index (Phi) is 8.15. The van der Waals surface area contributed by atoms with Gasteiger partial charge < -0.3 is 10.1 Å². The molecule has 0 aliphatic carbocycles. The second-order valence-electron chi connectivity index (χ2n) is 5.87. The van der Waals surface area contributed by atoms with Crippen molar-refractivity contribution in [3.8, 4) is 0 Å². The molecule has 0 aliphatic heterocycles. The summed E-state index contributed by atoms with van der Waals surface area (Å²) < 4.78 is 18.4. The third kappa shape index (κ3) is 7.27. The van der Waals surface area contributed by atoms with Crippen molar-refractivity contribution in [1.29, 1.82) is 0 Å². The van der Waals surface area contributed by atoms with Gasteiger partial charge in [0.15, 0.2) is 6.61 Å². The maximum atomic E-state index is 13.5. The average molecular weight is 375 g/mol. The Hall–Kier alpha value is -2.34. The molecule has 6 heteroatoms. The summed E-state index contributed by atoms with van der Waals surface area (Å²) in [7, 11) is 0. The highest BCUT2D eigenvalue weighted by atomic mass is 32.2. The molecule has 0 aliphatic rings. The quantitative estimate of drug-likeness (QED) is 0.537. The molecule has 2 rings (SSSR count). The summed E-state index contributed by atoms with van der Waals surface area (Å²) >= 11 is 1.05. The Morgan fingerprint density at radius 1 is 1.12 bits per heavy atom. The maximum Gasteiger partial charge on any atom is 0.316 e. The van der Waals surface area contributed by atoms with E-state index in [1.165, 1.54) is 11.6 Å². The van der Waals surface area contributed by atoms with Gasteiger partial charge in [-0.1, -0.05) is 42.5 Å². The summed E-state index contributed by atoms with van der Waals surface area (Å²) in [5, 5.41) is 2.81. The maximum absolute atomic E-state index is 13.5. The highest BCUT2D eigenvalue weighted by Gasteiger charge is 2.12. The lowest BCUT2D eigenvalue weighted by Gasteiger charge is -2.14. The van der Waals surface area contributed by atoms with E-state index in [4.69, 9.17) is 4.74 Å². The number of nitrogens with one attached hydrogen (secondary N) is 1. The lowest BCUT2D eigenvalue weighted by Crippen LogP contribution is -2.36. The molecule has 1 atom stereocenters. The van der Waals surface area contributed by atoms with Crippen LogP contribution in [0.5, 0.6) is 0 Å². The van der Waals surface area contributed by atoms with Gasteiger partial charge in [-0.3, -0.25) is 9.59 Å². The number of carbonyl (C=O) groups excluding carboxylic acids is 2. The number of rotatable bonds is 9. The Labute approximate surface area is 157 Å². The number of hydrogen-bond acceptors (Lipinski definition) is 4. The van der Waals surface area contributed by atoms with E-state index in [1.54, 1.807) is 18.2 Å². The number of thioether (sulfide) groups is 1. The van der Waals surface area contributed by atoms with E-state index >= 15 is 0 Å². The van der Waals surface area contributed by atoms with Gasteiger partial charge in [0, 0.05) is 10.9 Å². The molecule has 2 aromatic rings. The number of ether oxygens (including phenoxy) is 1. The number of halogens is 1. The van der Waals surface area contributed by atoms with Gasteiger partial charge in [0.25, 0.3) is 5.91 Å². The highest BCUT2D eigenvalue weighted by molar-refractivity contribution is 8.00. The molecule has 26 heavy (non-hydrogen) atoms. The highest BCUT2D eigenvalue weighted by Crippen LogP contribution is 2.20. The molecule has 2 aromatic carbocycles. The predicted molar refractivity (Wildman–Crippen MR) is 100 cm³/mol. The summed E-state index contributed by atoms with van der Waals surface area (Å²) in [4.78, 5) is 23.9. The molecular formula is C20H22FNO3S. The zero-order chi connectivity index (χ0) is 18.8. The van der Waals surface area contributed by atoms with Crippen LogP contribution < -0.4 is 5.32 Å². The van der Waals surface area contributed by atoms with Crippen molar-refractivity contribution in [3.63, 3.8) is 0 Å². The van der Waals surface area contributed by atoms with E-state index in [-0.39, 0.29) is 30.1 Å². The van der Waals surface area contributed by atoms with Crippen molar-refractivity contribution in [1.82, 2.24) is 5.32 Å². The van der Waals surface area contributed by atoms with Crippen LogP contribution in [-0.4, -0.2) is 30.3 Å². The summed E-state index contributed by atoms with van der Waals surface area (Å²) in [5.41, 5.74) is 1.21. The van der Waals surface area contributed by atoms with Crippen LogP contribution in [0.4, 0.5) is 4.39 Å². The van der Waals surface area contributed by atoms with Crippen LogP contribution in [0.3, 0.4) is 0 Å². The molecule has 1 amide bonds. The summed E-state index contributed by atoms with van der Waals surface area (Å²) in [5.74, 6) is -1.31. The largest absolute Gasteiger partial charge is 0.455 e. The predicted octanol–water partition coefficient (Wildman–Crippen LogP) is 3.60. The van der Waals surface area contributed by atoms with Gasteiger partial charge in [-0.05, 0) is 37.5 Å². The van der Waals surface area contributed by atoms with Crippen molar-refractivity contribution < 1.29 is 18.7 Å². The molecule has 0 aromatic heterocycles. The molecule has 0 saturated heterocycles. The topological polar surface area (TPSA) is 55.4 Å². The molecule has 0 saturated carbocycles. The van der Waals surface area contributed by atoms with Crippen molar-refractivity contribution in [2.75, 3.05) is 12.4 Å². The van der Waals surface area contributed by atoms with Gasteiger partial charge in [-0.2, -0.15) is 0 Å². The minimum atomic E-state index is -0.551. The first-order valence-electron chi connectivity index (χ1n) is 8.41. The molecule has 1 N–H and O–H groups in total. The van der Waals surface area contributed by atoms with Crippen molar-refractivity contribution >= 4 is 23.6 Å². The van der Waals surface area contributed by atoms with Crippen molar-refractivity contribution in [2.45, 2.75) is 30.7 Å². The zero-order valence-corrected chi connectivity index (χ0v) is 15.4. The lowest BCUT2D eigenvalue weighted by molar-refractivity contribution is -0.146. The molecule has 0 spiro atoms. The van der Waals surface area contributed by atoms with E-state index in [1.807, 2.05) is 37.3 Å². The third-order valence-electron chi connectivity index (χ3n) is 3.66. The smallest absolute Gasteiger partial charge is 0.316 e. The number of carbonyl (C=O) groups is 2. The van der Waals surface area contributed by atoms with Gasteiger partial charge in [0.05, 0.1) is 5.75 Å². The summed E-state index contributed by atoms with van der Waals surface area (Å²) in [6, 6.07) is 16.2. The van der Waals surface area contributed by atoms with Crippen LogP contribution in [0.1, 0.15) is 18.9 Å². The number of amides is 1. The average Bonchev–Trinajstić information content (AvgIpc) is 2.65. The third-order valence-corrected chi connectivity index (χ3v) is 4.68. The van der Waals surface area contributed by atoms with E-state index in [2.05, 4.69) is 5.32 Å². The fourth-order valence-corrected chi connectivity index (χ4v) is 3.04. The van der Waals surface area contributed by atoms with E-state index < -0.39 is 5.97 Å². The van der Waals surface area contributed by atoms with Crippen molar-refractivity contribution in [2.24, 2.45) is 0 Å². The van der Waals surface area contributed by atoms with Crippen molar-refractivity contribution in [3.05, 3.63) is 66.0 Å². The van der Waals surface area contributed by atoms with Gasteiger partial charge in [-0.15, -0.1) is 11.8 Å². The Morgan fingerprint density at radius 3 is 2.54 bits per heavy atom. The first-order valence-corrected chi connectivity index (χ1v) is 9.39. The Bertz CT molecular complexity index is 724. The van der Waals surface area contributed by atoms with Crippen LogP contribution in [0.25, 0.3) is 0 Å².